The van der Waals surface area contributed by atoms with E-state index in [1.165, 1.54) is 7.05 Å². The Balaban J connectivity index is 2.53. The summed E-state index contributed by atoms with van der Waals surface area (Å²) in [7, 11) is -1.70. The van der Waals surface area contributed by atoms with Crippen LogP contribution < -0.4 is 5.32 Å². The van der Waals surface area contributed by atoms with E-state index in [2.05, 4.69) is 5.32 Å². The minimum absolute atomic E-state index is 0.140. The third-order valence-electron chi connectivity index (χ3n) is 2.33. The summed E-state index contributed by atoms with van der Waals surface area (Å²) in [6.07, 6.45) is 1.09. The lowest BCUT2D eigenvalue weighted by atomic mass is 10.2. The Labute approximate surface area is 107 Å². The Bertz CT molecular complexity index is 484. The molecule has 18 heavy (non-hydrogen) atoms. The molecule has 0 bridgehead atoms. The highest BCUT2D eigenvalue weighted by Gasteiger charge is 2.22. The molecule has 0 aliphatic rings. The summed E-state index contributed by atoms with van der Waals surface area (Å²) in [4.78, 5) is 11.7. The molecule has 1 atom stereocenters. The van der Waals surface area contributed by atoms with Gasteiger partial charge in [-0.1, -0.05) is 30.3 Å². The smallest absolute Gasteiger partial charge is 0.324 e. The van der Waals surface area contributed by atoms with Gasteiger partial charge in [0.1, 0.15) is 22.5 Å². The zero-order chi connectivity index (χ0) is 13.6. The Kier molecular flexibility index (Phi) is 5.30. The van der Waals surface area contributed by atoms with E-state index in [-0.39, 0.29) is 12.4 Å². The molecule has 5 nitrogen and oxygen atoms in total. The lowest BCUT2D eigenvalue weighted by molar-refractivity contribution is -0.146. The van der Waals surface area contributed by atoms with Crippen molar-refractivity contribution in [3.05, 3.63) is 35.9 Å². The van der Waals surface area contributed by atoms with Crippen molar-refractivity contribution in [2.24, 2.45) is 0 Å². The second-order valence-electron chi connectivity index (χ2n) is 4.03. The summed E-state index contributed by atoms with van der Waals surface area (Å²) in [5.74, 6) is -0.830. The molecule has 100 valence electrons. The normalized spacial score (nSPS) is 13.0. The zero-order valence-electron chi connectivity index (χ0n) is 10.4. The van der Waals surface area contributed by atoms with Crippen LogP contribution >= 0.6 is 0 Å². The summed E-state index contributed by atoms with van der Waals surface area (Å²) in [6, 6.07) is 8.38. The number of benzene rings is 1. The van der Waals surface area contributed by atoms with E-state index in [1.807, 2.05) is 30.3 Å². The molecule has 0 heterocycles. The standard InChI is InChI=1S/C12H17NO4S/c1-13-11(9-18(2,15)16)12(14)17-8-10-6-4-3-5-7-10/h3-7,11,13H,8-9H2,1-2H3/t11-/m1/s1. The van der Waals surface area contributed by atoms with Crippen molar-refractivity contribution in [2.75, 3.05) is 19.1 Å². The van der Waals surface area contributed by atoms with Gasteiger partial charge in [0.15, 0.2) is 0 Å². The van der Waals surface area contributed by atoms with E-state index in [0.29, 0.717) is 0 Å². The fourth-order valence-electron chi connectivity index (χ4n) is 1.40. The topological polar surface area (TPSA) is 72.5 Å². The van der Waals surface area contributed by atoms with E-state index in [9.17, 15) is 13.2 Å². The molecule has 1 N–H and O–H groups in total. The first-order valence-corrected chi connectivity index (χ1v) is 7.54. The first-order chi connectivity index (χ1) is 8.42. The summed E-state index contributed by atoms with van der Waals surface area (Å²) in [5, 5.41) is 2.64. The van der Waals surface area contributed by atoms with E-state index in [1.54, 1.807) is 0 Å². The van der Waals surface area contributed by atoms with Crippen LogP contribution in [0.3, 0.4) is 0 Å². The molecular weight excluding hydrogens is 254 g/mol. The number of esters is 1. The Morgan fingerprint density at radius 2 is 1.94 bits per heavy atom. The van der Waals surface area contributed by atoms with Gasteiger partial charge in [0.2, 0.25) is 0 Å². The van der Waals surface area contributed by atoms with Gasteiger partial charge in [-0.15, -0.1) is 0 Å². The van der Waals surface area contributed by atoms with Crippen molar-refractivity contribution >= 4 is 15.8 Å². The first kappa shape index (κ1) is 14.7. The highest BCUT2D eigenvalue weighted by molar-refractivity contribution is 7.90. The van der Waals surface area contributed by atoms with Crippen LogP contribution in [0.4, 0.5) is 0 Å². The Morgan fingerprint density at radius 3 is 2.44 bits per heavy atom. The number of likely N-dealkylation sites (N-methyl/N-ethyl adjacent to an activating group) is 1. The molecule has 0 amide bonds. The second-order valence-corrected chi connectivity index (χ2v) is 6.21. The largest absolute Gasteiger partial charge is 0.460 e. The van der Waals surface area contributed by atoms with E-state index >= 15 is 0 Å². The minimum Gasteiger partial charge on any atom is -0.460 e. The first-order valence-electron chi connectivity index (χ1n) is 5.48. The molecule has 0 saturated carbocycles. The Morgan fingerprint density at radius 1 is 1.33 bits per heavy atom. The third kappa shape index (κ3) is 5.29. The van der Waals surface area contributed by atoms with Gasteiger partial charge in [0, 0.05) is 6.26 Å². The van der Waals surface area contributed by atoms with Gasteiger partial charge < -0.3 is 10.1 Å². The quantitative estimate of drug-likeness (QED) is 0.756. The number of hydrogen-bond donors (Lipinski definition) is 1. The molecule has 0 fully saturated rings. The molecule has 0 aliphatic carbocycles. The third-order valence-corrected chi connectivity index (χ3v) is 3.27. The van der Waals surface area contributed by atoms with Crippen molar-refractivity contribution in [3.8, 4) is 0 Å². The number of carbonyl (C=O) groups is 1. The highest BCUT2D eigenvalue weighted by atomic mass is 32.2. The van der Waals surface area contributed by atoms with Crippen molar-refractivity contribution in [1.29, 1.82) is 0 Å². The average molecular weight is 271 g/mol. The fraction of sp³-hybridized carbons (Fsp3) is 0.417. The van der Waals surface area contributed by atoms with Crippen LogP contribution in [-0.4, -0.2) is 39.5 Å². The summed E-state index contributed by atoms with van der Waals surface area (Å²) < 4.78 is 27.3. The van der Waals surface area contributed by atoms with Crippen LogP contribution in [0.5, 0.6) is 0 Å². The van der Waals surface area contributed by atoms with Crippen LogP contribution in [0.1, 0.15) is 5.56 Å². The number of hydrogen-bond acceptors (Lipinski definition) is 5. The molecule has 1 rings (SSSR count). The van der Waals surface area contributed by atoms with Crippen LogP contribution in [0.15, 0.2) is 30.3 Å². The maximum absolute atomic E-state index is 11.7. The van der Waals surface area contributed by atoms with Crippen molar-refractivity contribution in [3.63, 3.8) is 0 Å². The van der Waals surface area contributed by atoms with E-state index in [4.69, 9.17) is 4.74 Å². The van der Waals surface area contributed by atoms with E-state index in [0.717, 1.165) is 11.8 Å². The van der Waals surface area contributed by atoms with Gasteiger partial charge in [0.05, 0.1) is 5.75 Å². The van der Waals surface area contributed by atoms with Crippen LogP contribution in [0, 0.1) is 0 Å². The Hall–Kier alpha value is -1.40. The van der Waals surface area contributed by atoms with Gasteiger partial charge >= 0.3 is 5.97 Å². The predicted octanol–water partition coefficient (Wildman–Crippen LogP) is 0.362. The van der Waals surface area contributed by atoms with Gasteiger partial charge in [0.25, 0.3) is 0 Å². The van der Waals surface area contributed by atoms with Gasteiger partial charge in [-0.2, -0.15) is 0 Å². The number of carbonyl (C=O) groups excluding carboxylic acids is 1. The molecule has 0 unspecified atom stereocenters. The number of nitrogens with one attached hydrogen (secondary N) is 1. The lowest BCUT2D eigenvalue weighted by Gasteiger charge is -2.14. The molecule has 0 spiro atoms. The molecular formula is C12H17NO4S. The van der Waals surface area contributed by atoms with Crippen molar-refractivity contribution < 1.29 is 17.9 Å². The van der Waals surface area contributed by atoms with Crippen molar-refractivity contribution in [2.45, 2.75) is 12.6 Å². The summed E-state index contributed by atoms with van der Waals surface area (Å²) >= 11 is 0. The fourth-order valence-corrected chi connectivity index (χ4v) is 2.31. The van der Waals surface area contributed by atoms with E-state index < -0.39 is 21.8 Å². The van der Waals surface area contributed by atoms with Crippen LogP contribution in [0.25, 0.3) is 0 Å². The molecule has 0 saturated heterocycles. The molecule has 6 heteroatoms. The van der Waals surface area contributed by atoms with Gasteiger partial charge in [-0.05, 0) is 12.6 Å². The SMILES string of the molecule is CN[C@H](CS(C)(=O)=O)C(=O)OCc1ccccc1. The highest BCUT2D eigenvalue weighted by Crippen LogP contribution is 2.02. The number of ether oxygens (including phenoxy) is 1. The zero-order valence-corrected chi connectivity index (χ0v) is 11.2. The number of rotatable bonds is 6. The van der Waals surface area contributed by atoms with Gasteiger partial charge in [-0.3, -0.25) is 4.79 Å². The average Bonchev–Trinajstić information content (AvgIpc) is 2.33. The molecule has 0 aliphatic heterocycles. The second kappa shape index (κ2) is 6.51. The monoisotopic (exact) mass is 271 g/mol. The maximum Gasteiger partial charge on any atom is 0.324 e. The summed E-state index contributed by atoms with van der Waals surface area (Å²) in [6.45, 7) is 0.140. The molecule has 1 aromatic rings. The maximum atomic E-state index is 11.7. The van der Waals surface area contributed by atoms with Gasteiger partial charge in [-0.25, -0.2) is 8.42 Å². The predicted molar refractivity (Wildman–Crippen MR) is 68.8 cm³/mol. The minimum atomic E-state index is -3.23. The molecule has 0 radical (unpaired) electrons. The van der Waals surface area contributed by atoms with Crippen LogP contribution in [-0.2, 0) is 26.0 Å². The molecule has 0 aromatic heterocycles. The van der Waals surface area contributed by atoms with Crippen LogP contribution in [0.2, 0.25) is 0 Å². The molecule has 1 aromatic carbocycles. The van der Waals surface area contributed by atoms with Crippen molar-refractivity contribution in [1.82, 2.24) is 5.32 Å². The summed E-state index contributed by atoms with van der Waals surface area (Å²) in [5.41, 5.74) is 0.861. The lowest BCUT2D eigenvalue weighted by Crippen LogP contribution is -2.41. The number of sulfone groups is 1.